The lowest BCUT2D eigenvalue weighted by molar-refractivity contribution is 0.0872. The number of imide groups is 2. The van der Waals surface area contributed by atoms with Crippen molar-refractivity contribution in [3.63, 3.8) is 0 Å². The van der Waals surface area contributed by atoms with Crippen LogP contribution in [0.25, 0.3) is 10.8 Å². The second-order valence-electron chi connectivity index (χ2n) is 12.8. The van der Waals surface area contributed by atoms with Crippen LogP contribution in [0, 0.1) is 0 Å². The average Bonchev–Trinajstić information content (AvgIpc) is 3.82. The van der Waals surface area contributed by atoms with Crippen LogP contribution in [0.3, 0.4) is 0 Å². The minimum absolute atomic E-state index is 0.321. The Balaban J connectivity index is 1.20. The molecule has 2 saturated carbocycles. The van der Waals surface area contributed by atoms with Gasteiger partial charge in [0.2, 0.25) is 0 Å². The van der Waals surface area contributed by atoms with Gasteiger partial charge >= 0.3 is 0 Å². The maximum atomic E-state index is 14.1. The minimum atomic E-state index is -0.445. The predicted molar refractivity (Wildman–Crippen MR) is 185 cm³/mol. The molecule has 0 unspecified atom stereocenters. The molecule has 2 fully saturated rings. The molecule has 0 aromatic heterocycles. The van der Waals surface area contributed by atoms with Crippen LogP contribution in [0.15, 0.2) is 70.5 Å². The lowest BCUT2D eigenvalue weighted by Crippen LogP contribution is -2.43. The van der Waals surface area contributed by atoms with Gasteiger partial charge in [-0.25, -0.2) is 9.80 Å². The molecule has 2 aliphatic heterocycles. The van der Waals surface area contributed by atoms with E-state index in [0.717, 1.165) is 35.5 Å². The number of nitrogens with zero attached hydrogens (tertiary/aromatic N) is 2. The fourth-order valence-electron chi connectivity index (χ4n) is 8.10. The first-order valence-corrected chi connectivity index (χ1v) is 18.6. The Labute approximate surface area is 276 Å². The number of thioether (sulfide) groups is 2. The quantitative estimate of drug-likeness (QED) is 0.154. The van der Waals surface area contributed by atoms with Crippen molar-refractivity contribution < 1.29 is 19.2 Å². The number of amides is 4. The van der Waals surface area contributed by atoms with Crippen molar-refractivity contribution in [3.8, 4) is 0 Å². The molecular weight excluding hydrogens is 613 g/mol. The van der Waals surface area contributed by atoms with E-state index < -0.39 is 23.6 Å². The van der Waals surface area contributed by atoms with Gasteiger partial charge in [-0.1, -0.05) is 37.8 Å². The first-order chi connectivity index (χ1) is 22.4. The molecule has 2 aliphatic carbocycles. The molecular formula is C38H34N2O4S2. The molecule has 0 spiro atoms. The van der Waals surface area contributed by atoms with E-state index in [4.69, 9.17) is 0 Å². The van der Waals surface area contributed by atoms with Crippen LogP contribution in [0.1, 0.15) is 116 Å². The summed E-state index contributed by atoms with van der Waals surface area (Å²) in [6, 6.07) is 18.7. The van der Waals surface area contributed by atoms with Crippen molar-refractivity contribution in [2.75, 3.05) is 22.3 Å². The van der Waals surface area contributed by atoms with E-state index in [1.807, 2.05) is 24.6 Å². The first kappa shape index (κ1) is 29.5. The highest BCUT2D eigenvalue weighted by Gasteiger charge is 2.41. The predicted octanol–water partition coefficient (Wildman–Crippen LogP) is 9.20. The number of rotatable bonds is 6. The van der Waals surface area contributed by atoms with Crippen LogP contribution in [-0.4, -0.2) is 36.1 Å². The topological polar surface area (TPSA) is 74.8 Å². The van der Waals surface area contributed by atoms with E-state index in [-0.39, 0.29) is 0 Å². The zero-order valence-corrected chi connectivity index (χ0v) is 27.6. The smallest absolute Gasteiger partial charge is 0.266 e. The van der Waals surface area contributed by atoms with Gasteiger partial charge in [0.25, 0.3) is 23.6 Å². The Morgan fingerprint density at radius 3 is 1.13 bits per heavy atom. The summed E-state index contributed by atoms with van der Waals surface area (Å²) < 4.78 is 0. The van der Waals surface area contributed by atoms with Crippen LogP contribution in [0.4, 0.5) is 11.4 Å². The van der Waals surface area contributed by atoms with Crippen molar-refractivity contribution in [1.29, 1.82) is 0 Å². The summed E-state index contributed by atoms with van der Waals surface area (Å²) in [5.41, 5.74) is 4.91. The van der Waals surface area contributed by atoms with Crippen molar-refractivity contribution >= 4 is 69.3 Å². The summed E-state index contributed by atoms with van der Waals surface area (Å²) in [6.45, 7) is 0. The molecule has 4 aromatic carbocycles. The van der Waals surface area contributed by atoms with Crippen LogP contribution < -0.4 is 9.80 Å². The summed E-state index contributed by atoms with van der Waals surface area (Å²) in [6.07, 6.45) is 13.5. The second-order valence-corrected chi connectivity index (χ2v) is 14.5. The lowest BCUT2D eigenvalue weighted by atomic mass is 9.85. The third-order valence-electron chi connectivity index (χ3n) is 10.4. The van der Waals surface area contributed by atoms with Crippen LogP contribution in [-0.2, 0) is 0 Å². The lowest BCUT2D eigenvalue weighted by Gasteiger charge is -2.33. The molecule has 4 amide bonds. The van der Waals surface area contributed by atoms with Crippen molar-refractivity contribution in [2.45, 2.75) is 73.0 Å². The molecule has 6 nitrogen and oxygen atoms in total. The highest BCUT2D eigenvalue weighted by molar-refractivity contribution is 7.99. The Morgan fingerprint density at radius 1 is 0.500 bits per heavy atom. The Kier molecular flexibility index (Phi) is 7.33. The summed E-state index contributed by atoms with van der Waals surface area (Å²) in [4.78, 5) is 60.8. The number of carbonyl (C=O) groups is 4. The minimum Gasteiger partial charge on any atom is -0.268 e. The fourth-order valence-corrected chi connectivity index (χ4v) is 9.34. The van der Waals surface area contributed by atoms with Gasteiger partial charge in [-0.2, -0.15) is 0 Å². The van der Waals surface area contributed by atoms with Gasteiger partial charge in [0.05, 0.1) is 11.4 Å². The van der Waals surface area contributed by atoms with Gasteiger partial charge < -0.3 is 0 Å². The van der Waals surface area contributed by atoms with Gasteiger partial charge in [-0.05, 0) is 110 Å². The highest BCUT2D eigenvalue weighted by atomic mass is 32.2. The first-order valence-electron chi connectivity index (χ1n) is 16.1. The molecule has 0 bridgehead atoms. The van der Waals surface area contributed by atoms with Gasteiger partial charge in [0, 0.05) is 42.8 Å². The molecule has 0 saturated heterocycles. The molecule has 8 rings (SSSR count). The summed E-state index contributed by atoms with van der Waals surface area (Å²) in [7, 11) is 0. The fraction of sp³-hybridized carbons (Fsp3) is 0.316. The maximum Gasteiger partial charge on any atom is 0.266 e. The molecule has 46 heavy (non-hydrogen) atoms. The molecule has 0 N–H and O–H groups in total. The Bertz CT molecular complexity index is 1780. The van der Waals surface area contributed by atoms with Crippen LogP contribution >= 0.6 is 23.5 Å². The van der Waals surface area contributed by atoms with Crippen molar-refractivity contribution in [2.24, 2.45) is 0 Å². The Hall–Kier alpha value is -3.88. The zero-order chi connectivity index (χ0) is 31.7. The highest BCUT2D eigenvalue weighted by Crippen LogP contribution is 2.45. The number of benzene rings is 4. The van der Waals surface area contributed by atoms with E-state index in [2.05, 4.69) is 24.3 Å². The molecule has 0 radical (unpaired) electrons. The van der Waals surface area contributed by atoms with Gasteiger partial charge in [-0.3, -0.25) is 19.2 Å². The summed E-state index contributed by atoms with van der Waals surface area (Å²) >= 11 is 3.05. The third kappa shape index (κ3) is 4.40. The third-order valence-corrected chi connectivity index (χ3v) is 12.0. The number of hydrogen-bond donors (Lipinski definition) is 0. The van der Waals surface area contributed by atoms with Crippen molar-refractivity contribution in [1.82, 2.24) is 0 Å². The van der Waals surface area contributed by atoms with Gasteiger partial charge in [0.1, 0.15) is 0 Å². The monoisotopic (exact) mass is 646 g/mol. The number of carbonyl (C=O) groups excluding carboxylic acids is 4. The SMILES string of the molecule is CSc1cc(C2CCCC2)ccc1N1C(=O)c2ccc3c4c(ccc(c24)C1=O)C(=O)N(c1ccc(C2CCCC2)cc1SC)C3=O. The summed E-state index contributed by atoms with van der Waals surface area (Å²) in [5.74, 6) is -0.758. The number of anilines is 2. The van der Waals surface area contributed by atoms with E-state index in [1.54, 1.807) is 24.3 Å². The molecule has 4 aliphatic rings. The van der Waals surface area contributed by atoms with E-state index in [1.165, 1.54) is 70.1 Å². The summed E-state index contributed by atoms with van der Waals surface area (Å²) in [5, 5.41) is 0.773. The Morgan fingerprint density at radius 2 is 0.826 bits per heavy atom. The normalized spacial score (nSPS) is 18.5. The van der Waals surface area contributed by atoms with Crippen LogP contribution in [0.5, 0.6) is 0 Å². The average molecular weight is 647 g/mol. The maximum absolute atomic E-state index is 14.1. The van der Waals surface area contributed by atoms with Crippen LogP contribution in [0.2, 0.25) is 0 Å². The molecule has 232 valence electrons. The molecule has 2 heterocycles. The van der Waals surface area contributed by atoms with E-state index in [0.29, 0.717) is 56.2 Å². The van der Waals surface area contributed by atoms with E-state index in [9.17, 15) is 19.2 Å². The molecule has 8 heteroatoms. The molecule has 4 aromatic rings. The van der Waals surface area contributed by atoms with E-state index >= 15 is 0 Å². The standard InChI is InChI=1S/C38H34N2O4S2/c1-45-31-19-23(21-7-3-4-8-21)11-17-29(31)39-35(41)25-13-15-27-34-28(16-14-26(33(25)34)36(39)42)38(44)40(37(27)43)30-18-12-24(20-32(30)46-2)22-9-5-6-10-22/h11-22H,3-10H2,1-2H3. The van der Waals surface area contributed by atoms with Crippen molar-refractivity contribution in [3.05, 3.63) is 94.0 Å². The van der Waals surface area contributed by atoms with Gasteiger partial charge in [-0.15, -0.1) is 23.5 Å². The zero-order valence-electron chi connectivity index (χ0n) is 25.9. The number of hydrogen-bond acceptors (Lipinski definition) is 6. The molecule has 0 atom stereocenters. The second kappa shape index (κ2) is 11.4. The van der Waals surface area contributed by atoms with Gasteiger partial charge in [0.15, 0.2) is 0 Å². The largest absolute Gasteiger partial charge is 0.268 e.